The fraction of sp³-hybridized carbons (Fsp3) is 0.611. The Balaban J connectivity index is 1.72. The van der Waals surface area contributed by atoms with Gasteiger partial charge < -0.3 is 10.5 Å². The summed E-state index contributed by atoms with van der Waals surface area (Å²) >= 11 is 0. The number of carbonyl (C=O) groups excluding carboxylic acids is 1. The van der Waals surface area contributed by atoms with Gasteiger partial charge in [-0.25, -0.2) is 0 Å². The first-order valence-electron chi connectivity index (χ1n) is 8.22. The first kappa shape index (κ1) is 15.9. The summed E-state index contributed by atoms with van der Waals surface area (Å²) in [5, 5.41) is 0. The van der Waals surface area contributed by atoms with Crippen LogP contribution in [0.25, 0.3) is 0 Å². The third kappa shape index (κ3) is 4.23. The van der Waals surface area contributed by atoms with Gasteiger partial charge in [-0.3, -0.25) is 4.79 Å². The van der Waals surface area contributed by atoms with Gasteiger partial charge in [-0.2, -0.15) is 0 Å². The van der Waals surface area contributed by atoms with Crippen LogP contribution >= 0.6 is 0 Å². The van der Waals surface area contributed by atoms with Crippen LogP contribution in [0.3, 0.4) is 0 Å². The predicted octanol–water partition coefficient (Wildman–Crippen LogP) is 4.20. The van der Waals surface area contributed by atoms with Gasteiger partial charge >= 0.3 is 5.97 Å². The van der Waals surface area contributed by atoms with Crippen LogP contribution in [-0.4, -0.2) is 12.6 Å². The van der Waals surface area contributed by atoms with Crippen molar-refractivity contribution in [2.24, 2.45) is 0 Å². The fourth-order valence-electron chi connectivity index (χ4n) is 2.72. The number of hydrogen-bond acceptors (Lipinski definition) is 3. The maximum atomic E-state index is 12.3. The van der Waals surface area contributed by atoms with Gasteiger partial charge in [0.1, 0.15) is 0 Å². The second-order valence-corrected chi connectivity index (χ2v) is 6.11. The molecule has 0 atom stereocenters. The van der Waals surface area contributed by atoms with Crippen LogP contribution in [0.1, 0.15) is 63.9 Å². The lowest BCUT2D eigenvalue weighted by Crippen LogP contribution is -2.23. The van der Waals surface area contributed by atoms with Gasteiger partial charge in [0.2, 0.25) is 0 Å². The lowest BCUT2D eigenvalue weighted by Gasteiger charge is -2.15. The van der Waals surface area contributed by atoms with Crippen molar-refractivity contribution < 1.29 is 9.53 Å². The fourth-order valence-corrected chi connectivity index (χ4v) is 2.72. The van der Waals surface area contributed by atoms with E-state index in [0.29, 0.717) is 6.61 Å². The van der Waals surface area contributed by atoms with E-state index in [2.05, 4.69) is 6.92 Å². The maximum absolute atomic E-state index is 12.3. The largest absolute Gasteiger partial charge is 0.465 e. The molecule has 3 nitrogen and oxygen atoms in total. The van der Waals surface area contributed by atoms with Gasteiger partial charge in [0.15, 0.2) is 0 Å². The van der Waals surface area contributed by atoms with Crippen molar-refractivity contribution in [3.05, 3.63) is 29.8 Å². The maximum Gasteiger partial charge on any atom is 0.316 e. The van der Waals surface area contributed by atoms with Crippen LogP contribution in [0.2, 0.25) is 0 Å². The van der Waals surface area contributed by atoms with E-state index in [4.69, 9.17) is 10.5 Å². The molecule has 1 aliphatic rings. The van der Waals surface area contributed by atoms with Gasteiger partial charge in [-0.1, -0.05) is 51.2 Å². The molecule has 0 bridgehead atoms. The van der Waals surface area contributed by atoms with Gasteiger partial charge in [-0.15, -0.1) is 0 Å². The molecule has 2 rings (SSSR count). The molecule has 0 unspecified atom stereocenters. The van der Waals surface area contributed by atoms with Crippen LogP contribution in [0.15, 0.2) is 24.3 Å². The lowest BCUT2D eigenvalue weighted by atomic mass is 9.96. The Labute approximate surface area is 127 Å². The number of ether oxygens (including phenoxy) is 1. The first-order chi connectivity index (χ1) is 10.2. The molecule has 3 heteroatoms. The third-order valence-corrected chi connectivity index (χ3v) is 4.34. The van der Waals surface area contributed by atoms with Gasteiger partial charge in [0.05, 0.1) is 12.0 Å². The highest BCUT2D eigenvalue weighted by Gasteiger charge is 2.52. The van der Waals surface area contributed by atoms with E-state index >= 15 is 0 Å². The minimum absolute atomic E-state index is 0.0548. The monoisotopic (exact) mass is 289 g/mol. The minimum atomic E-state index is -0.379. The molecule has 1 fully saturated rings. The van der Waals surface area contributed by atoms with Crippen molar-refractivity contribution in [1.82, 2.24) is 0 Å². The molecule has 0 heterocycles. The van der Waals surface area contributed by atoms with E-state index in [0.717, 1.165) is 36.9 Å². The Morgan fingerprint density at radius 3 is 2.33 bits per heavy atom. The molecule has 0 aromatic heterocycles. The minimum Gasteiger partial charge on any atom is -0.465 e. The van der Waals surface area contributed by atoms with Crippen molar-refractivity contribution in [3.63, 3.8) is 0 Å². The standard InChI is InChI=1S/C18H27NO2/c1-2-3-4-5-6-7-14-21-17(20)18(12-13-18)15-8-10-16(19)11-9-15/h8-11H,2-7,12-14,19H2,1H3. The third-order valence-electron chi connectivity index (χ3n) is 4.34. The van der Waals surface area contributed by atoms with Crippen LogP contribution in [0.5, 0.6) is 0 Å². The summed E-state index contributed by atoms with van der Waals surface area (Å²) in [5.41, 5.74) is 7.10. The topological polar surface area (TPSA) is 52.3 Å². The molecule has 1 saturated carbocycles. The number of rotatable bonds is 9. The number of esters is 1. The van der Waals surface area contributed by atoms with Crippen LogP contribution in [0, 0.1) is 0 Å². The lowest BCUT2D eigenvalue weighted by molar-refractivity contribution is -0.146. The molecule has 0 radical (unpaired) electrons. The van der Waals surface area contributed by atoms with Crippen LogP contribution < -0.4 is 5.73 Å². The van der Waals surface area contributed by atoms with E-state index in [1.165, 1.54) is 25.7 Å². The zero-order valence-electron chi connectivity index (χ0n) is 13.1. The number of nitrogens with two attached hydrogens (primary N) is 1. The Hall–Kier alpha value is -1.51. The number of carbonyl (C=O) groups is 1. The van der Waals surface area contributed by atoms with Gasteiger partial charge in [0.25, 0.3) is 0 Å². The summed E-state index contributed by atoms with van der Waals surface area (Å²) in [5.74, 6) is -0.0548. The second-order valence-electron chi connectivity index (χ2n) is 6.11. The molecular weight excluding hydrogens is 262 g/mol. The smallest absolute Gasteiger partial charge is 0.316 e. The van der Waals surface area contributed by atoms with Gasteiger partial charge in [0, 0.05) is 5.69 Å². The number of hydrogen-bond donors (Lipinski definition) is 1. The van der Waals surface area contributed by atoms with Crippen molar-refractivity contribution in [2.45, 2.75) is 63.7 Å². The van der Waals surface area contributed by atoms with E-state index < -0.39 is 0 Å². The normalized spacial score (nSPS) is 15.7. The van der Waals surface area contributed by atoms with E-state index in [9.17, 15) is 4.79 Å². The van der Waals surface area contributed by atoms with Crippen LogP contribution in [0.4, 0.5) is 5.69 Å². The Morgan fingerprint density at radius 1 is 1.10 bits per heavy atom. The second kappa shape index (κ2) is 7.48. The summed E-state index contributed by atoms with van der Waals surface area (Å²) < 4.78 is 5.49. The SMILES string of the molecule is CCCCCCCCOC(=O)C1(c2ccc(N)cc2)CC1. The quantitative estimate of drug-likeness (QED) is 0.421. The molecule has 0 saturated heterocycles. The highest BCUT2D eigenvalue weighted by atomic mass is 16.5. The molecule has 1 aromatic rings. The van der Waals surface area contributed by atoms with Gasteiger partial charge in [-0.05, 0) is 37.0 Å². The summed E-state index contributed by atoms with van der Waals surface area (Å²) in [4.78, 5) is 12.3. The molecule has 1 aromatic carbocycles. The van der Waals surface area contributed by atoms with Crippen molar-refractivity contribution >= 4 is 11.7 Å². The number of benzene rings is 1. The molecular formula is C18H27NO2. The number of anilines is 1. The zero-order chi connectivity index (χ0) is 15.1. The molecule has 0 aliphatic heterocycles. The highest BCUT2D eigenvalue weighted by molar-refractivity contribution is 5.86. The highest BCUT2D eigenvalue weighted by Crippen LogP contribution is 2.49. The molecule has 1 aliphatic carbocycles. The van der Waals surface area contributed by atoms with E-state index in [1.807, 2.05) is 24.3 Å². The zero-order valence-corrected chi connectivity index (χ0v) is 13.1. The number of nitrogen functional groups attached to an aromatic ring is 1. The molecule has 2 N–H and O–H groups in total. The molecule has 21 heavy (non-hydrogen) atoms. The summed E-state index contributed by atoms with van der Waals surface area (Å²) in [6.45, 7) is 2.77. The first-order valence-corrected chi connectivity index (χ1v) is 8.22. The number of unbranched alkanes of at least 4 members (excludes halogenated alkanes) is 5. The van der Waals surface area contributed by atoms with Crippen molar-refractivity contribution in [3.8, 4) is 0 Å². The van der Waals surface area contributed by atoms with Crippen molar-refractivity contribution in [2.75, 3.05) is 12.3 Å². The Bertz CT molecular complexity index is 449. The predicted molar refractivity (Wildman–Crippen MR) is 86.1 cm³/mol. The Morgan fingerprint density at radius 2 is 1.71 bits per heavy atom. The molecule has 116 valence electrons. The molecule has 0 amide bonds. The summed E-state index contributed by atoms with van der Waals surface area (Å²) in [6.07, 6.45) is 9.03. The average Bonchev–Trinajstić information content (AvgIpc) is 3.28. The van der Waals surface area contributed by atoms with Crippen molar-refractivity contribution in [1.29, 1.82) is 0 Å². The summed E-state index contributed by atoms with van der Waals surface area (Å²) in [6, 6.07) is 7.62. The van der Waals surface area contributed by atoms with Crippen LogP contribution in [-0.2, 0) is 14.9 Å². The van der Waals surface area contributed by atoms with E-state index in [1.54, 1.807) is 0 Å². The van der Waals surface area contributed by atoms with E-state index in [-0.39, 0.29) is 11.4 Å². The average molecular weight is 289 g/mol. The molecule has 0 spiro atoms. The Kier molecular flexibility index (Phi) is 5.66. The summed E-state index contributed by atoms with van der Waals surface area (Å²) in [7, 11) is 0.